The summed E-state index contributed by atoms with van der Waals surface area (Å²) in [6.07, 6.45) is 3.77. The lowest BCUT2D eigenvalue weighted by molar-refractivity contribution is 1.31. The molecule has 26 heavy (non-hydrogen) atoms. The largest absolute Gasteiger partial charge is 0.292 e. The van der Waals surface area contributed by atoms with Gasteiger partial charge in [0.05, 0.1) is 16.6 Å². The molecule has 0 atom stereocenters. The third-order valence-electron chi connectivity index (χ3n) is 4.87. The van der Waals surface area contributed by atoms with Gasteiger partial charge in [-0.2, -0.15) is 0 Å². The Bertz CT molecular complexity index is 1480. The highest BCUT2D eigenvalue weighted by atomic mass is 35.5. The monoisotopic (exact) mass is 354 g/mol. The molecule has 124 valence electrons. The number of rotatable bonds is 1. The SMILES string of the molecule is C=C/C=c1/cc2c3ccc(Cl)cc3n3c4ccccc4nc3c2cc1=C. The van der Waals surface area contributed by atoms with Gasteiger partial charge in [0.1, 0.15) is 5.65 Å². The number of halogens is 1. The number of hydrogen-bond acceptors (Lipinski definition) is 1. The van der Waals surface area contributed by atoms with Crippen LogP contribution in [0.5, 0.6) is 0 Å². The molecule has 0 unspecified atom stereocenters. The third-order valence-corrected chi connectivity index (χ3v) is 5.10. The Morgan fingerprint density at radius 1 is 0.923 bits per heavy atom. The van der Waals surface area contributed by atoms with Gasteiger partial charge in [0, 0.05) is 15.8 Å². The minimum absolute atomic E-state index is 0.711. The minimum atomic E-state index is 0.711. The highest BCUT2D eigenvalue weighted by molar-refractivity contribution is 6.31. The van der Waals surface area contributed by atoms with E-state index in [1.165, 1.54) is 0 Å². The van der Waals surface area contributed by atoms with E-state index in [1.807, 2.05) is 36.4 Å². The van der Waals surface area contributed by atoms with Crippen LogP contribution in [0.4, 0.5) is 0 Å². The zero-order chi connectivity index (χ0) is 17.8. The number of fused-ring (bicyclic) bond motifs is 8. The molecule has 0 aliphatic carbocycles. The molecule has 2 nitrogen and oxygen atoms in total. The first-order valence-corrected chi connectivity index (χ1v) is 8.79. The van der Waals surface area contributed by atoms with Crippen LogP contribution >= 0.6 is 11.6 Å². The van der Waals surface area contributed by atoms with Crippen LogP contribution in [-0.2, 0) is 0 Å². The van der Waals surface area contributed by atoms with Gasteiger partial charge in [-0.1, -0.05) is 55.1 Å². The maximum absolute atomic E-state index is 6.33. The molecule has 3 aromatic carbocycles. The summed E-state index contributed by atoms with van der Waals surface area (Å²) >= 11 is 6.33. The molecule has 2 heterocycles. The summed E-state index contributed by atoms with van der Waals surface area (Å²) in [5.74, 6) is 0. The summed E-state index contributed by atoms with van der Waals surface area (Å²) in [5, 5.41) is 6.09. The number of imidazole rings is 1. The lowest BCUT2D eigenvalue weighted by Gasteiger charge is -2.10. The normalized spacial score (nSPS) is 12.6. The highest BCUT2D eigenvalue weighted by Crippen LogP contribution is 2.32. The van der Waals surface area contributed by atoms with Crippen LogP contribution in [0.3, 0.4) is 0 Å². The van der Waals surface area contributed by atoms with Crippen molar-refractivity contribution < 1.29 is 0 Å². The summed E-state index contributed by atoms with van der Waals surface area (Å²) < 4.78 is 2.19. The van der Waals surface area contributed by atoms with Crippen LogP contribution < -0.4 is 10.4 Å². The van der Waals surface area contributed by atoms with Crippen molar-refractivity contribution in [3.63, 3.8) is 0 Å². The van der Waals surface area contributed by atoms with Crippen molar-refractivity contribution in [2.75, 3.05) is 0 Å². The van der Waals surface area contributed by atoms with Gasteiger partial charge in [0.15, 0.2) is 0 Å². The van der Waals surface area contributed by atoms with E-state index >= 15 is 0 Å². The van der Waals surface area contributed by atoms with E-state index in [2.05, 4.69) is 41.8 Å². The number of hydrogen-bond donors (Lipinski definition) is 0. The van der Waals surface area contributed by atoms with Crippen molar-refractivity contribution in [3.8, 4) is 0 Å². The fraction of sp³-hybridized carbons (Fsp3) is 0. The first kappa shape index (κ1) is 15.2. The Morgan fingerprint density at radius 2 is 1.77 bits per heavy atom. The molecule has 0 bridgehead atoms. The van der Waals surface area contributed by atoms with Gasteiger partial charge in [-0.3, -0.25) is 4.40 Å². The van der Waals surface area contributed by atoms with Crippen LogP contribution in [0.15, 0.2) is 67.3 Å². The molecule has 0 aliphatic heterocycles. The van der Waals surface area contributed by atoms with Crippen LogP contribution in [-0.4, -0.2) is 9.38 Å². The van der Waals surface area contributed by atoms with E-state index in [9.17, 15) is 0 Å². The summed E-state index contributed by atoms with van der Waals surface area (Å²) in [7, 11) is 0. The van der Waals surface area contributed by atoms with E-state index in [1.54, 1.807) is 6.08 Å². The quantitative estimate of drug-likeness (QED) is 0.394. The number of allylic oxidation sites excluding steroid dienone is 1. The van der Waals surface area contributed by atoms with Crippen LogP contribution in [0.25, 0.3) is 51.0 Å². The van der Waals surface area contributed by atoms with Gasteiger partial charge in [-0.15, -0.1) is 0 Å². The predicted molar refractivity (Wildman–Crippen MR) is 112 cm³/mol. The van der Waals surface area contributed by atoms with Crippen molar-refractivity contribution in [1.82, 2.24) is 9.38 Å². The maximum Gasteiger partial charge on any atom is 0.146 e. The van der Waals surface area contributed by atoms with E-state index in [0.29, 0.717) is 5.02 Å². The van der Waals surface area contributed by atoms with Crippen molar-refractivity contribution in [2.24, 2.45) is 0 Å². The summed E-state index contributed by atoms with van der Waals surface area (Å²) in [5.41, 5.74) is 4.01. The molecule has 5 rings (SSSR count). The van der Waals surface area contributed by atoms with Crippen molar-refractivity contribution in [3.05, 3.63) is 82.7 Å². The van der Waals surface area contributed by atoms with Gasteiger partial charge >= 0.3 is 0 Å². The maximum atomic E-state index is 6.33. The highest BCUT2D eigenvalue weighted by Gasteiger charge is 2.13. The van der Waals surface area contributed by atoms with E-state index in [4.69, 9.17) is 16.6 Å². The fourth-order valence-corrected chi connectivity index (χ4v) is 3.89. The Balaban J connectivity index is 2.19. The Kier molecular flexibility index (Phi) is 3.18. The lowest BCUT2D eigenvalue weighted by atomic mass is 10.0. The second-order valence-electron chi connectivity index (χ2n) is 6.42. The molecule has 0 fully saturated rings. The average Bonchev–Trinajstić information content (AvgIpc) is 3.03. The van der Waals surface area contributed by atoms with E-state index in [0.717, 1.165) is 48.8 Å². The number of aromatic nitrogens is 2. The van der Waals surface area contributed by atoms with E-state index < -0.39 is 0 Å². The standard InChI is InChI=1S/C23H15ClN2/c1-3-6-15-12-18-17-10-9-16(24)13-22(17)26-21-8-5-4-7-20(21)25-23(26)19(18)11-14(15)2/h3-13H,1-2H2/b15-6-. The Labute approximate surface area is 155 Å². The minimum Gasteiger partial charge on any atom is -0.292 e. The molecule has 0 spiro atoms. The van der Waals surface area contributed by atoms with Gasteiger partial charge in [-0.25, -0.2) is 4.98 Å². The lowest BCUT2D eigenvalue weighted by Crippen LogP contribution is -2.22. The second kappa shape index (κ2) is 5.45. The molecule has 0 saturated carbocycles. The molecule has 5 aromatic rings. The topological polar surface area (TPSA) is 17.3 Å². The van der Waals surface area contributed by atoms with Crippen molar-refractivity contribution in [1.29, 1.82) is 0 Å². The van der Waals surface area contributed by atoms with Crippen molar-refractivity contribution in [2.45, 2.75) is 0 Å². The molecular formula is C23H15ClN2. The zero-order valence-electron chi connectivity index (χ0n) is 14.0. The second-order valence-corrected chi connectivity index (χ2v) is 6.86. The molecule has 0 radical (unpaired) electrons. The van der Waals surface area contributed by atoms with Crippen molar-refractivity contribution >= 4 is 62.6 Å². The summed E-state index contributed by atoms with van der Waals surface area (Å²) in [6, 6.07) is 18.5. The Hall–Kier alpha value is -3.10. The molecule has 0 N–H and O–H groups in total. The summed E-state index contributed by atoms with van der Waals surface area (Å²) in [6.45, 7) is 8.02. The molecule has 3 heteroatoms. The number of benzene rings is 3. The number of pyridine rings is 1. The molecule has 2 aromatic heterocycles. The third kappa shape index (κ3) is 2.03. The average molecular weight is 355 g/mol. The molecular weight excluding hydrogens is 340 g/mol. The summed E-state index contributed by atoms with van der Waals surface area (Å²) in [4.78, 5) is 4.90. The van der Waals surface area contributed by atoms with Gasteiger partial charge in [0.2, 0.25) is 0 Å². The first-order valence-electron chi connectivity index (χ1n) is 8.41. The van der Waals surface area contributed by atoms with Gasteiger partial charge in [0.25, 0.3) is 0 Å². The zero-order valence-corrected chi connectivity index (χ0v) is 14.8. The van der Waals surface area contributed by atoms with Gasteiger partial charge in [-0.05, 0) is 52.2 Å². The van der Waals surface area contributed by atoms with Crippen LogP contribution in [0.1, 0.15) is 0 Å². The van der Waals surface area contributed by atoms with Gasteiger partial charge < -0.3 is 0 Å². The number of nitrogens with zero attached hydrogens (tertiary/aromatic N) is 2. The molecule has 0 aliphatic rings. The molecule has 0 saturated heterocycles. The fourth-order valence-electron chi connectivity index (χ4n) is 3.72. The Morgan fingerprint density at radius 3 is 2.62 bits per heavy atom. The molecule has 0 amide bonds. The predicted octanol–water partition coefficient (Wildman–Crippen LogP) is 4.82. The van der Waals surface area contributed by atoms with Crippen LogP contribution in [0, 0.1) is 0 Å². The number of para-hydroxylation sites is 2. The van der Waals surface area contributed by atoms with Crippen LogP contribution in [0.2, 0.25) is 5.02 Å². The first-order chi connectivity index (χ1) is 12.7. The van der Waals surface area contributed by atoms with E-state index in [-0.39, 0.29) is 0 Å². The smallest absolute Gasteiger partial charge is 0.146 e.